The molecule has 0 saturated carbocycles. The zero-order chi connectivity index (χ0) is 11.6. The van der Waals surface area contributed by atoms with Crippen molar-refractivity contribution < 1.29 is 15.3 Å². The average Bonchev–Trinajstić information content (AvgIpc) is 2.14. The van der Waals surface area contributed by atoms with E-state index in [0.29, 0.717) is 17.1 Å². The summed E-state index contributed by atoms with van der Waals surface area (Å²) in [5.41, 5.74) is 7.36. The topological polar surface area (TPSA) is 99.6 Å². The van der Waals surface area contributed by atoms with E-state index in [1.807, 2.05) is 0 Å². The molecule has 0 aliphatic rings. The molecule has 5 heteroatoms. The number of nitrogens with two attached hydrogens (primary N) is 1. The second kappa shape index (κ2) is 4.57. The van der Waals surface area contributed by atoms with Crippen LogP contribution >= 0.6 is 0 Å². The summed E-state index contributed by atoms with van der Waals surface area (Å²) >= 11 is 0. The first kappa shape index (κ1) is 11.9. The van der Waals surface area contributed by atoms with Crippen LogP contribution < -0.4 is 5.73 Å². The van der Waals surface area contributed by atoms with E-state index in [9.17, 15) is 10.2 Å². The second-order valence-electron chi connectivity index (χ2n) is 3.56. The third kappa shape index (κ3) is 2.44. The van der Waals surface area contributed by atoms with Crippen molar-refractivity contribution in [3.63, 3.8) is 0 Å². The van der Waals surface area contributed by atoms with Gasteiger partial charge in [-0.1, -0.05) is 0 Å². The molecule has 1 aromatic heterocycles. The van der Waals surface area contributed by atoms with E-state index in [1.165, 1.54) is 0 Å². The molecule has 1 aromatic rings. The predicted molar refractivity (Wildman–Crippen MR) is 56.2 cm³/mol. The number of hydrogen-bond acceptors (Lipinski definition) is 5. The lowest BCUT2D eigenvalue weighted by atomic mass is 9.98. The summed E-state index contributed by atoms with van der Waals surface area (Å²) in [7, 11) is 0. The van der Waals surface area contributed by atoms with Crippen molar-refractivity contribution in [2.24, 2.45) is 0 Å². The van der Waals surface area contributed by atoms with Gasteiger partial charge in [-0.05, 0) is 25.5 Å². The number of nitrogen functional groups attached to an aromatic ring is 1. The normalized spacial score (nSPS) is 15.0. The van der Waals surface area contributed by atoms with Crippen molar-refractivity contribution in [1.82, 2.24) is 4.98 Å². The summed E-state index contributed by atoms with van der Waals surface area (Å²) in [6.07, 6.45) is -2.34. The van der Waals surface area contributed by atoms with Crippen molar-refractivity contribution in [3.8, 4) is 0 Å². The van der Waals surface area contributed by atoms with Crippen LogP contribution in [-0.4, -0.2) is 33.0 Å². The molecule has 0 aliphatic carbocycles. The maximum Gasteiger partial charge on any atom is 0.123 e. The third-order valence-corrected chi connectivity index (χ3v) is 2.32. The molecule has 0 radical (unpaired) electrons. The minimum Gasteiger partial charge on any atom is -0.394 e. The Labute approximate surface area is 88.2 Å². The summed E-state index contributed by atoms with van der Waals surface area (Å²) in [6, 6.07) is 1.62. The van der Waals surface area contributed by atoms with Gasteiger partial charge in [0.25, 0.3) is 0 Å². The molecule has 15 heavy (non-hydrogen) atoms. The summed E-state index contributed by atoms with van der Waals surface area (Å²) < 4.78 is 0. The monoisotopic (exact) mass is 212 g/mol. The zero-order valence-corrected chi connectivity index (χ0v) is 8.81. The first-order chi connectivity index (χ1) is 6.97. The molecule has 2 atom stereocenters. The third-order valence-electron chi connectivity index (χ3n) is 2.32. The van der Waals surface area contributed by atoms with Crippen LogP contribution in [-0.2, 0) is 0 Å². The van der Waals surface area contributed by atoms with E-state index in [4.69, 9.17) is 10.8 Å². The van der Waals surface area contributed by atoms with Gasteiger partial charge in [0.05, 0.1) is 6.61 Å². The van der Waals surface area contributed by atoms with Crippen LogP contribution in [0, 0.1) is 13.8 Å². The average molecular weight is 212 g/mol. The number of anilines is 1. The molecular weight excluding hydrogens is 196 g/mol. The standard InChI is InChI=1S/C10H16N2O3/c1-5-3-8(11)12-6(2)9(5)10(15)7(14)4-13/h3,7,10,13-15H,4H2,1-2H3,(H2,11,12). The Morgan fingerprint density at radius 2 is 2.00 bits per heavy atom. The SMILES string of the molecule is Cc1cc(N)nc(C)c1C(O)C(O)CO. The fourth-order valence-corrected chi connectivity index (χ4v) is 1.61. The predicted octanol–water partition coefficient (Wildman–Crippen LogP) is -0.333. The van der Waals surface area contributed by atoms with Crippen molar-refractivity contribution in [2.75, 3.05) is 12.3 Å². The van der Waals surface area contributed by atoms with Gasteiger partial charge in [-0.2, -0.15) is 0 Å². The minimum absolute atomic E-state index is 0.374. The number of aliphatic hydroxyl groups is 3. The Bertz CT molecular complexity index is 332. The van der Waals surface area contributed by atoms with E-state index in [0.717, 1.165) is 5.56 Å². The van der Waals surface area contributed by atoms with Gasteiger partial charge in [-0.3, -0.25) is 0 Å². The number of hydrogen-bond donors (Lipinski definition) is 4. The van der Waals surface area contributed by atoms with Crippen LogP contribution in [0.3, 0.4) is 0 Å². The van der Waals surface area contributed by atoms with E-state index in [1.54, 1.807) is 19.9 Å². The summed E-state index contributed by atoms with van der Waals surface area (Å²) in [4.78, 5) is 4.00. The van der Waals surface area contributed by atoms with Gasteiger partial charge in [-0.25, -0.2) is 4.98 Å². The number of pyridine rings is 1. The Balaban J connectivity index is 3.13. The Morgan fingerprint density at radius 3 is 2.47 bits per heavy atom. The summed E-state index contributed by atoms with van der Waals surface area (Å²) in [6.45, 7) is 2.98. The molecule has 0 amide bonds. The summed E-state index contributed by atoms with van der Waals surface area (Å²) in [5.74, 6) is 0.374. The molecule has 1 heterocycles. The minimum atomic E-state index is -1.20. The summed E-state index contributed by atoms with van der Waals surface area (Å²) in [5, 5.41) is 27.8. The zero-order valence-electron chi connectivity index (χ0n) is 8.81. The molecule has 0 aromatic carbocycles. The van der Waals surface area contributed by atoms with Crippen LogP contribution in [0.4, 0.5) is 5.82 Å². The lowest BCUT2D eigenvalue weighted by Crippen LogP contribution is -2.24. The fourth-order valence-electron chi connectivity index (χ4n) is 1.61. The molecule has 0 fully saturated rings. The van der Waals surface area contributed by atoms with E-state index < -0.39 is 18.8 Å². The highest BCUT2D eigenvalue weighted by molar-refractivity contribution is 5.41. The van der Waals surface area contributed by atoms with Gasteiger partial charge in [0.1, 0.15) is 18.0 Å². The van der Waals surface area contributed by atoms with Crippen molar-refractivity contribution >= 4 is 5.82 Å². The van der Waals surface area contributed by atoms with Crippen molar-refractivity contribution in [1.29, 1.82) is 0 Å². The van der Waals surface area contributed by atoms with Gasteiger partial charge >= 0.3 is 0 Å². The van der Waals surface area contributed by atoms with Gasteiger partial charge in [0.15, 0.2) is 0 Å². The van der Waals surface area contributed by atoms with E-state index in [-0.39, 0.29) is 0 Å². The van der Waals surface area contributed by atoms with Crippen LogP contribution in [0.25, 0.3) is 0 Å². The maximum atomic E-state index is 9.75. The molecule has 0 saturated heterocycles. The fraction of sp³-hybridized carbons (Fsp3) is 0.500. The Hall–Kier alpha value is -1.17. The highest BCUT2D eigenvalue weighted by Gasteiger charge is 2.21. The van der Waals surface area contributed by atoms with Gasteiger partial charge in [-0.15, -0.1) is 0 Å². The van der Waals surface area contributed by atoms with E-state index in [2.05, 4.69) is 4.98 Å². The smallest absolute Gasteiger partial charge is 0.123 e. The Kier molecular flexibility index (Phi) is 3.62. The van der Waals surface area contributed by atoms with E-state index >= 15 is 0 Å². The molecule has 0 aliphatic heterocycles. The highest BCUT2D eigenvalue weighted by Crippen LogP contribution is 2.24. The number of aliphatic hydroxyl groups excluding tert-OH is 3. The van der Waals surface area contributed by atoms with Crippen molar-refractivity contribution in [2.45, 2.75) is 26.1 Å². The quantitative estimate of drug-likeness (QED) is 0.549. The molecule has 5 nitrogen and oxygen atoms in total. The number of rotatable bonds is 3. The molecule has 0 bridgehead atoms. The molecule has 5 N–H and O–H groups in total. The lowest BCUT2D eigenvalue weighted by molar-refractivity contribution is -0.0159. The highest BCUT2D eigenvalue weighted by atomic mass is 16.4. The largest absolute Gasteiger partial charge is 0.394 e. The first-order valence-corrected chi connectivity index (χ1v) is 4.68. The van der Waals surface area contributed by atoms with Crippen LogP contribution in [0.2, 0.25) is 0 Å². The van der Waals surface area contributed by atoms with Gasteiger partial charge in [0.2, 0.25) is 0 Å². The van der Waals surface area contributed by atoms with Gasteiger partial charge < -0.3 is 21.1 Å². The Morgan fingerprint density at radius 1 is 1.40 bits per heavy atom. The maximum absolute atomic E-state index is 9.75. The molecular formula is C10H16N2O3. The van der Waals surface area contributed by atoms with Crippen LogP contribution in [0.1, 0.15) is 22.9 Å². The molecule has 1 rings (SSSR count). The molecule has 0 spiro atoms. The lowest BCUT2D eigenvalue weighted by Gasteiger charge is -2.19. The molecule has 2 unspecified atom stereocenters. The van der Waals surface area contributed by atoms with Crippen LogP contribution in [0.15, 0.2) is 6.07 Å². The van der Waals surface area contributed by atoms with Crippen LogP contribution in [0.5, 0.6) is 0 Å². The second-order valence-corrected chi connectivity index (χ2v) is 3.56. The van der Waals surface area contributed by atoms with Gasteiger partial charge in [0, 0.05) is 11.3 Å². The number of nitrogens with zero attached hydrogens (tertiary/aromatic N) is 1. The molecule has 84 valence electrons. The van der Waals surface area contributed by atoms with Crippen molar-refractivity contribution in [3.05, 3.63) is 22.9 Å². The number of aromatic nitrogens is 1. The first-order valence-electron chi connectivity index (χ1n) is 4.68. The number of aryl methyl sites for hydroxylation is 2.